The molecule has 0 spiro atoms. The van der Waals surface area contributed by atoms with Gasteiger partial charge in [0.15, 0.2) is 5.78 Å². The van der Waals surface area contributed by atoms with Crippen molar-refractivity contribution in [3.63, 3.8) is 0 Å². The van der Waals surface area contributed by atoms with Crippen LogP contribution in [0, 0.1) is 0 Å². The van der Waals surface area contributed by atoms with Crippen molar-refractivity contribution in [3.8, 4) is 11.4 Å². The van der Waals surface area contributed by atoms with Crippen LogP contribution in [0.5, 0.6) is 0 Å². The van der Waals surface area contributed by atoms with Gasteiger partial charge in [0, 0.05) is 17.7 Å². The van der Waals surface area contributed by atoms with Gasteiger partial charge in [-0.1, -0.05) is 60.7 Å². The maximum Gasteiger partial charge on any atom is 0.183 e. The fourth-order valence-electron chi connectivity index (χ4n) is 3.12. The van der Waals surface area contributed by atoms with Crippen molar-refractivity contribution >= 4 is 5.78 Å². The molecular weight excluding hydrogens is 272 g/mol. The van der Waals surface area contributed by atoms with Gasteiger partial charge < -0.3 is 4.98 Å². The largest absolute Gasteiger partial charge is 0.341 e. The van der Waals surface area contributed by atoms with Gasteiger partial charge in [-0.15, -0.1) is 0 Å². The number of aromatic amines is 1. The fourth-order valence-corrected chi connectivity index (χ4v) is 3.12. The summed E-state index contributed by atoms with van der Waals surface area (Å²) in [6, 6.07) is 20.2. The van der Waals surface area contributed by atoms with E-state index in [2.05, 4.69) is 22.1 Å². The summed E-state index contributed by atoms with van der Waals surface area (Å²) in [4.78, 5) is 20.3. The van der Waals surface area contributed by atoms with Crippen molar-refractivity contribution in [1.29, 1.82) is 0 Å². The molecule has 0 saturated heterocycles. The summed E-state index contributed by atoms with van der Waals surface area (Å²) in [6.45, 7) is 0. The number of imidazole rings is 1. The van der Waals surface area contributed by atoms with Gasteiger partial charge in [0.25, 0.3) is 0 Å². The molecule has 3 aromatic rings. The zero-order chi connectivity index (χ0) is 14.9. The van der Waals surface area contributed by atoms with Crippen LogP contribution in [0.4, 0.5) is 0 Å². The Balaban J connectivity index is 1.70. The molecule has 3 heteroatoms. The van der Waals surface area contributed by atoms with E-state index in [1.807, 2.05) is 48.5 Å². The average molecular weight is 288 g/mol. The highest BCUT2D eigenvalue weighted by atomic mass is 16.1. The number of carbonyl (C=O) groups excluding carboxylic acids is 1. The van der Waals surface area contributed by atoms with Crippen LogP contribution < -0.4 is 0 Å². The number of fused-ring (bicyclic) bond motifs is 1. The highest BCUT2D eigenvalue weighted by Gasteiger charge is 2.29. The van der Waals surface area contributed by atoms with Crippen molar-refractivity contribution in [3.05, 3.63) is 77.6 Å². The molecule has 2 aromatic carbocycles. The second-order valence-corrected chi connectivity index (χ2v) is 5.72. The first-order chi connectivity index (χ1) is 10.8. The van der Waals surface area contributed by atoms with Crippen LogP contribution in [0.15, 0.2) is 60.7 Å². The molecule has 0 saturated carbocycles. The summed E-state index contributed by atoms with van der Waals surface area (Å²) in [7, 11) is 0. The van der Waals surface area contributed by atoms with Crippen LogP contribution in [0.1, 0.15) is 34.1 Å². The van der Waals surface area contributed by atoms with Crippen LogP contribution >= 0.6 is 0 Å². The van der Waals surface area contributed by atoms with Gasteiger partial charge in [0.2, 0.25) is 0 Å². The quantitative estimate of drug-likeness (QED) is 0.775. The van der Waals surface area contributed by atoms with Crippen molar-refractivity contribution in [2.45, 2.75) is 18.8 Å². The van der Waals surface area contributed by atoms with Crippen molar-refractivity contribution in [1.82, 2.24) is 9.97 Å². The van der Waals surface area contributed by atoms with Gasteiger partial charge in [-0.25, -0.2) is 4.98 Å². The Morgan fingerprint density at radius 3 is 2.32 bits per heavy atom. The highest BCUT2D eigenvalue weighted by Crippen LogP contribution is 2.32. The molecule has 4 rings (SSSR count). The first kappa shape index (κ1) is 13.0. The van der Waals surface area contributed by atoms with Crippen molar-refractivity contribution in [2.24, 2.45) is 0 Å². The van der Waals surface area contributed by atoms with E-state index in [-0.39, 0.29) is 11.7 Å². The number of carbonyl (C=O) groups is 1. The van der Waals surface area contributed by atoms with Gasteiger partial charge in [0.05, 0.1) is 0 Å². The maximum atomic E-state index is 12.4. The molecule has 1 aliphatic carbocycles. The molecular formula is C19H16N2O. The second-order valence-electron chi connectivity index (χ2n) is 5.72. The van der Waals surface area contributed by atoms with E-state index in [4.69, 9.17) is 0 Å². The first-order valence-electron chi connectivity index (χ1n) is 7.53. The third kappa shape index (κ3) is 2.25. The smallest absolute Gasteiger partial charge is 0.183 e. The van der Waals surface area contributed by atoms with E-state index in [1.165, 1.54) is 5.56 Å². The second kappa shape index (κ2) is 5.26. The number of ketones is 1. The predicted octanol–water partition coefficient (Wildman–Crippen LogP) is 3.99. The van der Waals surface area contributed by atoms with E-state index in [1.54, 1.807) is 0 Å². The normalized spacial score (nSPS) is 17.3. The van der Waals surface area contributed by atoms with Crippen LogP contribution in [0.2, 0.25) is 0 Å². The topological polar surface area (TPSA) is 45.8 Å². The molecule has 0 fully saturated rings. The van der Waals surface area contributed by atoms with Gasteiger partial charge in [0.1, 0.15) is 11.5 Å². The highest BCUT2D eigenvalue weighted by molar-refractivity contribution is 5.97. The molecule has 1 N–H and O–H groups in total. The lowest BCUT2D eigenvalue weighted by Gasteiger charge is -2.20. The lowest BCUT2D eigenvalue weighted by atomic mass is 9.84. The van der Waals surface area contributed by atoms with E-state index in [9.17, 15) is 4.79 Å². The monoisotopic (exact) mass is 288 g/mol. The minimum Gasteiger partial charge on any atom is -0.341 e. The number of hydrogen-bond acceptors (Lipinski definition) is 2. The Hall–Kier alpha value is -2.68. The van der Waals surface area contributed by atoms with Gasteiger partial charge in [-0.05, 0) is 17.9 Å². The SMILES string of the molecule is O=C1C[C@H](c2ccccc2)Cc2[nH]c(-c3ccccc3)nc21. The minimum absolute atomic E-state index is 0.133. The van der Waals surface area contributed by atoms with Gasteiger partial charge >= 0.3 is 0 Å². The number of hydrogen-bond donors (Lipinski definition) is 1. The molecule has 108 valence electrons. The van der Waals surface area contributed by atoms with Crippen LogP contribution in [0.3, 0.4) is 0 Å². The number of Topliss-reactive ketones (excluding diaryl/α,β-unsaturated/α-hetero) is 1. The van der Waals surface area contributed by atoms with Gasteiger partial charge in [-0.3, -0.25) is 4.79 Å². The Morgan fingerprint density at radius 1 is 0.909 bits per heavy atom. The van der Waals surface area contributed by atoms with E-state index >= 15 is 0 Å². The molecule has 3 nitrogen and oxygen atoms in total. The maximum absolute atomic E-state index is 12.4. The molecule has 0 amide bonds. The Labute approximate surface area is 129 Å². The number of H-pyrrole nitrogens is 1. The van der Waals surface area contributed by atoms with E-state index in [0.29, 0.717) is 12.1 Å². The number of benzene rings is 2. The molecule has 0 aliphatic heterocycles. The zero-order valence-electron chi connectivity index (χ0n) is 12.1. The van der Waals surface area contributed by atoms with Crippen molar-refractivity contribution < 1.29 is 4.79 Å². The minimum atomic E-state index is 0.133. The molecule has 1 atom stereocenters. The Morgan fingerprint density at radius 2 is 1.59 bits per heavy atom. The van der Waals surface area contributed by atoms with Gasteiger partial charge in [-0.2, -0.15) is 0 Å². The molecule has 0 unspecified atom stereocenters. The lowest BCUT2D eigenvalue weighted by Crippen LogP contribution is -2.18. The van der Waals surface area contributed by atoms with Crippen LogP contribution in [-0.4, -0.2) is 15.8 Å². The molecule has 1 heterocycles. The number of rotatable bonds is 2. The molecule has 0 bridgehead atoms. The third-order valence-electron chi connectivity index (χ3n) is 4.24. The number of nitrogens with one attached hydrogen (secondary N) is 1. The predicted molar refractivity (Wildman–Crippen MR) is 85.9 cm³/mol. The number of nitrogens with zero attached hydrogens (tertiary/aromatic N) is 1. The summed E-state index contributed by atoms with van der Waals surface area (Å²) in [6.07, 6.45) is 1.38. The van der Waals surface area contributed by atoms with E-state index in [0.717, 1.165) is 23.5 Å². The lowest BCUT2D eigenvalue weighted by molar-refractivity contribution is 0.0959. The standard InChI is InChI=1S/C19H16N2O/c22-17-12-15(13-7-3-1-4-8-13)11-16-18(17)21-19(20-16)14-9-5-2-6-10-14/h1-10,15H,11-12H2,(H,20,21)/t15-/m1/s1. The summed E-state index contributed by atoms with van der Waals surface area (Å²) < 4.78 is 0. The van der Waals surface area contributed by atoms with Crippen LogP contribution in [-0.2, 0) is 6.42 Å². The average Bonchev–Trinajstić information content (AvgIpc) is 3.01. The summed E-state index contributed by atoms with van der Waals surface area (Å²) in [5.41, 5.74) is 3.81. The van der Waals surface area contributed by atoms with E-state index < -0.39 is 0 Å². The fraction of sp³-hybridized carbons (Fsp3) is 0.158. The Bertz CT molecular complexity index is 806. The first-order valence-corrected chi connectivity index (χ1v) is 7.53. The molecule has 0 radical (unpaired) electrons. The molecule has 1 aliphatic rings. The zero-order valence-corrected chi connectivity index (χ0v) is 12.1. The summed E-state index contributed by atoms with van der Waals surface area (Å²) in [5, 5.41) is 0. The van der Waals surface area contributed by atoms with Crippen LogP contribution in [0.25, 0.3) is 11.4 Å². The van der Waals surface area contributed by atoms with Crippen molar-refractivity contribution in [2.75, 3.05) is 0 Å². The summed E-state index contributed by atoms with van der Waals surface area (Å²) in [5.74, 6) is 1.16. The summed E-state index contributed by atoms with van der Waals surface area (Å²) >= 11 is 0. The molecule has 22 heavy (non-hydrogen) atoms. The Kier molecular flexibility index (Phi) is 3.11. The third-order valence-corrected chi connectivity index (χ3v) is 4.24. The molecule has 1 aromatic heterocycles. The number of aromatic nitrogens is 2.